The Kier molecular flexibility index (Phi) is 3.35. The lowest BCUT2D eigenvalue weighted by atomic mass is 10.2. The number of amides is 1. The maximum absolute atomic E-state index is 11.0. The summed E-state index contributed by atoms with van der Waals surface area (Å²) in [5.74, 6) is -0.0903. The molecule has 1 amide bonds. The highest BCUT2D eigenvalue weighted by atomic mass is 32.1. The fourth-order valence-electron chi connectivity index (χ4n) is 2.14. The Morgan fingerprint density at radius 2 is 2.21 bits per heavy atom. The third-order valence-electron chi connectivity index (χ3n) is 3.03. The zero-order valence-corrected chi connectivity index (χ0v) is 11.5. The third-order valence-corrected chi connectivity index (χ3v) is 3.96. The average molecular weight is 277 g/mol. The molecule has 0 saturated carbocycles. The normalized spacial score (nSPS) is 15.7. The van der Waals surface area contributed by atoms with E-state index >= 15 is 0 Å². The Labute approximate surface area is 115 Å². The highest BCUT2D eigenvalue weighted by molar-refractivity contribution is 7.22. The van der Waals surface area contributed by atoms with Gasteiger partial charge >= 0.3 is 0 Å². The lowest BCUT2D eigenvalue weighted by Gasteiger charge is -2.28. The summed E-state index contributed by atoms with van der Waals surface area (Å²) in [6.45, 7) is 4.88. The number of benzene rings is 1. The predicted molar refractivity (Wildman–Crippen MR) is 77.0 cm³/mol. The molecule has 1 aliphatic rings. The number of anilines is 2. The first-order valence-corrected chi connectivity index (χ1v) is 7.05. The number of carbonyl (C=O) groups excluding carboxylic acids is 1. The molecule has 0 aliphatic carbocycles. The topological polar surface area (TPSA) is 54.5 Å². The van der Waals surface area contributed by atoms with E-state index in [-0.39, 0.29) is 5.91 Å². The summed E-state index contributed by atoms with van der Waals surface area (Å²) >= 11 is 1.50. The zero-order valence-electron chi connectivity index (χ0n) is 10.7. The van der Waals surface area contributed by atoms with Gasteiger partial charge in [-0.2, -0.15) is 0 Å². The van der Waals surface area contributed by atoms with E-state index < -0.39 is 0 Å². The summed E-state index contributed by atoms with van der Waals surface area (Å²) in [6.07, 6.45) is 0. The van der Waals surface area contributed by atoms with Gasteiger partial charge in [0, 0.05) is 25.7 Å². The van der Waals surface area contributed by atoms with Gasteiger partial charge in [0.05, 0.1) is 23.4 Å². The van der Waals surface area contributed by atoms with Crippen molar-refractivity contribution in [3.8, 4) is 0 Å². The molecule has 1 aliphatic heterocycles. The van der Waals surface area contributed by atoms with E-state index in [0.29, 0.717) is 5.13 Å². The summed E-state index contributed by atoms with van der Waals surface area (Å²) in [5.41, 5.74) is 2.11. The number of rotatable bonds is 2. The quantitative estimate of drug-likeness (QED) is 0.913. The van der Waals surface area contributed by atoms with Crippen LogP contribution < -0.4 is 10.2 Å². The number of ether oxygens (including phenoxy) is 1. The molecule has 19 heavy (non-hydrogen) atoms. The molecule has 2 aromatic rings. The zero-order chi connectivity index (χ0) is 13.2. The molecule has 0 bridgehead atoms. The van der Waals surface area contributed by atoms with Crippen molar-refractivity contribution in [2.24, 2.45) is 0 Å². The van der Waals surface area contributed by atoms with Crippen LogP contribution in [0.3, 0.4) is 0 Å². The summed E-state index contributed by atoms with van der Waals surface area (Å²) in [7, 11) is 0. The number of morpholine rings is 1. The fraction of sp³-hybridized carbons (Fsp3) is 0.385. The average Bonchev–Trinajstić information content (AvgIpc) is 2.79. The molecule has 1 N–H and O–H groups in total. The molecule has 1 saturated heterocycles. The molecular formula is C13H15N3O2S. The molecule has 1 aromatic carbocycles. The third kappa shape index (κ3) is 2.69. The van der Waals surface area contributed by atoms with Gasteiger partial charge in [-0.15, -0.1) is 0 Å². The first-order chi connectivity index (χ1) is 9.22. The van der Waals surface area contributed by atoms with E-state index in [2.05, 4.69) is 27.3 Å². The first-order valence-electron chi connectivity index (χ1n) is 6.23. The van der Waals surface area contributed by atoms with Gasteiger partial charge in [0.25, 0.3) is 0 Å². The van der Waals surface area contributed by atoms with Gasteiger partial charge in [0.15, 0.2) is 5.13 Å². The Morgan fingerprint density at radius 1 is 1.42 bits per heavy atom. The van der Waals surface area contributed by atoms with Crippen molar-refractivity contribution in [1.82, 2.24) is 4.98 Å². The number of hydrogen-bond donors (Lipinski definition) is 1. The summed E-state index contributed by atoms with van der Waals surface area (Å²) in [5, 5.41) is 3.38. The van der Waals surface area contributed by atoms with Crippen LogP contribution in [0.15, 0.2) is 18.2 Å². The van der Waals surface area contributed by atoms with Gasteiger partial charge in [0.2, 0.25) is 5.91 Å². The number of nitrogens with one attached hydrogen (secondary N) is 1. The van der Waals surface area contributed by atoms with Gasteiger partial charge in [0.1, 0.15) is 0 Å². The highest BCUT2D eigenvalue weighted by Gasteiger charge is 2.13. The van der Waals surface area contributed by atoms with Gasteiger partial charge in [-0.1, -0.05) is 11.3 Å². The van der Waals surface area contributed by atoms with Gasteiger partial charge in [-0.05, 0) is 18.2 Å². The monoisotopic (exact) mass is 277 g/mol. The molecule has 0 unspecified atom stereocenters. The second kappa shape index (κ2) is 5.14. The lowest BCUT2D eigenvalue weighted by molar-refractivity contribution is -0.114. The van der Waals surface area contributed by atoms with Crippen LogP contribution in [-0.2, 0) is 9.53 Å². The lowest BCUT2D eigenvalue weighted by Crippen LogP contribution is -2.36. The van der Waals surface area contributed by atoms with Crippen LogP contribution in [0.1, 0.15) is 6.92 Å². The minimum Gasteiger partial charge on any atom is -0.378 e. The van der Waals surface area contributed by atoms with E-state index in [1.54, 1.807) is 0 Å². The largest absolute Gasteiger partial charge is 0.378 e. The second-order valence-corrected chi connectivity index (χ2v) is 5.48. The minimum absolute atomic E-state index is 0.0903. The van der Waals surface area contributed by atoms with Crippen LogP contribution in [-0.4, -0.2) is 37.2 Å². The Balaban J connectivity index is 1.89. The van der Waals surface area contributed by atoms with Crippen molar-refractivity contribution in [2.75, 3.05) is 36.5 Å². The number of nitrogens with zero attached hydrogens (tertiary/aromatic N) is 2. The first kappa shape index (κ1) is 12.4. The van der Waals surface area contributed by atoms with Crippen LogP contribution >= 0.6 is 11.3 Å². The molecule has 0 radical (unpaired) electrons. The summed E-state index contributed by atoms with van der Waals surface area (Å²) in [4.78, 5) is 17.7. The van der Waals surface area contributed by atoms with Crippen molar-refractivity contribution in [2.45, 2.75) is 6.92 Å². The maximum atomic E-state index is 11.0. The molecular weight excluding hydrogens is 262 g/mol. The summed E-state index contributed by atoms with van der Waals surface area (Å²) in [6, 6.07) is 6.20. The molecule has 0 atom stereocenters. The summed E-state index contributed by atoms with van der Waals surface area (Å²) < 4.78 is 6.45. The molecule has 1 aromatic heterocycles. The van der Waals surface area contributed by atoms with Gasteiger partial charge < -0.3 is 15.0 Å². The van der Waals surface area contributed by atoms with E-state index in [1.807, 2.05) is 6.07 Å². The van der Waals surface area contributed by atoms with Gasteiger partial charge in [-0.3, -0.25) is 4.79 Å². The smallest absolute Gasteiger partial charge is 0.223 e. The predicted octanol–water partition coefficient (Wildman–Crippen LogP) is 2.09. The molecule has 100 valence electrons. The maximum Gasteiger partial charge on any atom is 0.223 e. The number of thiazole rings is 1. The molecule has 5 nitrogen and oxygen atoms in total. The van der Waals surface area contributed by atoms with Crippen molar-refractivity contribution >= 4 is 38.3 Å². The Morgan fingerprint density at radius 3 is 2.95 bits per heavy atom. The van der Waals surface area contributed by atoms with Crippen LogP contribution in [0.4, 0.5) is 10.8 Å². The van der Waals surface area contributed by atoms with E-state index in [4.69, 9.17) is 4.74 Å². The molecule has 1 fully saturated rings. The SMILES string of the molecule is CC(=O)Nc1nc2ccc(N3CCOCC3)cc2s1. The number of fused-ring (bicyclic) bond motifs is 1. The van der Waals surface area contributed by atoms with Crippen molar-refractivity contribution in [1.29, 1.82) is 0 Å². The number of aromatic nitrogens is 1. The Bertz CT molecular complexity index is 605. The standard InChI is InChI=1S/C13H15N3O2S/c1-9(17)14-13-15-11-3-2-10(8-12(11)19-13)16-4-6-18-7-5-16/h2-3,8H,4-7H2,1H3,(H,14,15,17). The van der Waals surface area contributed by atoms with E-state index in [0.717, 1.165) is 36.5 Å². The Hall–Kier alpha value is -1.66. The molecule has 2 heterocycles. The minimum atomic E-state index is -0.0903. The number of hydrogen-bond acceptors (Lipinski definition) is 5. The molecule has 3 rings (SSSR count). The van der Waals surface area contributed by atoms with Crippen molar-refractivity contribution < 1.29 is 9.53 Å². The second-order valence-electron chi connectivity index (χ2n) is 4.45. The molecule has 6 heteroatoms. The van der Waals surface area contributed by atoms with Gasteiger partial charge in [-0.25, -0.2) is 4.98 Å². The molecule has 0 spiro atoms. The van der Waals surface area contributed by atoms with Crippen molar-refractivity contribution in [3.05, 3.63) is 18.2 Å². The van der Waals surface area contributed by atoms with Crippen LogP contribution in [0.25, 0.3) is 10.2 Å². The van der Waals surface area contributed by atoms with Crippen LogP contribution in [0.5, 0.6) is 0 Å². The van der Waals surface area contributed by atoms with Crippen LogP contribution in [0, 0.1) is 0 Å². The number of carbonyl (C=O) groups is 1. The fourth-order valence-corrected chi connectivity index (χ4v) is 3.08. The van der Waals surface area contributed by atoms with E-state index in [9.17, 15) is 4.79 Å². The van der Waals surface area contributed by atoms with Crippen molar-refractivity contribution in [3.63, 3.8) is 0 Å². The highest BCUT2D eigenvalue weighted by Crippen LogP contribution is 2.29. The van der Waals surface area contributed by atoms with Crippen LogP contribution in [0.2, 0.25) is 0 Å². The van der Waals surface area contributed by atoms with E-state index in [1.165, 1.54) is 23.9 Å².